The third kappa shape index (κ3) is 7.55. The molecule has 1 heterocycles. The number of H-pyrrole nitrogens is 1. The van der Waals surface area contributed by atoms with Gasteiger partial charge < -0.3 is 14.5 Å². The van der Waals surface area contributed by atoms with E-state index in [4.69, 9.17) is 9.47 Å². The maximum absolute atomic E-state index is 13.6. The van der Waals surface area contributed by atoms with E-state index in [2.05, 4.69) is 25.4 Å². The molecule has 1 aromatic heterocycles. The summed E-state index contributed by atoms with van der Waals surface area (Å²) in [4.78, 5) is 40.2. The van der Waals surface area contributed by atoms with Crippen LogP contribution in [0, 0.1) is 24.7 Å². The minimum absolute atomic E-state index is 0.0215. The number of rotatable bonds is 13. The number of hydrogen-bond acceptors (Lipinski definition) is 5. The van der Waals surface area contributed by atoms with Crippen LogP contribution in [0.2, 0.25) is 0 Å². The summed E-state index contributed by atoms with van der Waals surface area (Å²) in [6, 6.07) is 0. The highest BCUT2D eigenvalue weighted by molar-refractivity contribution is 5.96. The van der Waals surface area contributed by atoms with Crippen LogP contribution in [0.4, 0.5) is 0 Å². The number of nitrogens with one attached hydrogen (secondary N) is 1. The molecule has 0 bridgehead atoms. The average Bonchev–Trinajstić information content (AvgIpc) is 3.17. The van der Waals surface area contributed by atoms with Crippen LogP contribution in [0.15, 0.2) is 12.2 Å². The molecule has 0 aliphatic heterocycles. The van der Waals surface area contributed by atoms with E-state index < -0.39 is 0 Å². The van der Waals surface area contributed by atoms with Gasteiger partial charge in [-0.2, -0.15) is 0 Å². The van der Waals surface area contributed by atoms with Crippen molar-refractivity contribution in [2.75, 3.05) is 6.61 Å². The first kappa shape index (κ1) is 28.9. The summed E-state index contributed by atoms with van der Waals surface area (Å²) in [6.45, 7) is 15.9. The number of aryl methyl sites for hydroxylation is 1. The van der Waals surface area contributed by atoms with E-state index >= 15 is 0 Å². The largest absolute Gasteiger partial charge is 0.462 e. The zero-order chi connectivity index (χ0) is 26.1. The van der Waals surface area contributed by atoms with Gasteiger partial charge in [0.15, 0.2) is 6.29 Å². The normalized spacial score (nSPS) is 22.1. The molecular weight excluding hydrogens is 442 g/mol. The van der Waals surface area contributed by atoms with Gasteiger partial charge in [0.05, 0.1) is 17.9 Å². The molecule has 6 heteroatoms. The number of carbonyl (C=O) groups excluding carboxylic acids is 3. The highest BCUT2D eigenvalue weighted by Crippen LogP contribution is 2.41. The van der Waals surface area contributed by atoms with Gasteiger partial charge >= 0.3 is 11.9 Å². The third-order valence-electron chi connectivity index (χ3n) is 7.26. The molecule has 0 radical (unpaired) electrons. The molecule has 1 saturated carbocycles. The monoisotopic (exact) mass is 487 g/mol. The van der Waals surface area contributed by atoms with Crippen molar-refractivity contribution < 1.29 is 23.9 Å². The Morgan fingerprint density at radius 1 is 1.11 bits per heavy atom. The number of aromatic nitrogens is 1. The molecule has 1 aliphatic carbocycles. The molecule has 0 aromatic carbocycles. The van der Waals surface area contributed by atoms with Crippen LogP contribution >= 0.6 is 0 Å². The first-order valence-electron chi connectivity index (χ1n) is 13.4. The number of carbonyl (C=O) groups is 3. The van der Waals surface area contributed by atoms with Gasteiger partial charge in [-0.05, 0) is 68.8 Å². The fraction of sp³-hybridized carbons (Fsp3) is 0.690. The maximum atomic E-state index is 13.6. The van der Waals surface area contributed by atoms with E-state index in [-0.39, 0.29) is 41.7 Å². The standard InChI is InChI=1S/C29H45NO5/c1-8-10-12-22-14-21(17-34-28(32)19(5)6)15-23(13-11-9-2)27(22)35-29(33)26-20(7)30-24(16-31)25(26)18(3)4/h16,18,21-23,27,30H,5,8-15,17H2,1-4,6-7H3. The Bertz CT molecular complexity index is 866. The van der Waals surface area contributed by atoms with Gasteiger partial charge in [0.1, 0.15) is 6.10 Å². The second kappa shape index (κ2) is 13.6. The van der Waals surface area contributed by atoms with Crippen molar-refractivity contribution >= 4 is 18.2 Å². The Labute approximate surface area is 211 Å². The topological polar surface area (TPSA) is 85.5 Å². The van der Waals surface area contributed by atoms with Gasteiger partial charge in [-0.15, -0.1) is 0 Å². The number of aromatic amines is 1. The molecule has 1 N–H and O–H groups in total. The van der Waals surface area contributed by atoms with E-state index in [1.54, 1.807) is 6.92 Å². The molecule has 0 saturated heterocycles. The predicted molar refractivity (Wildman–Crippen MR) is 139 cm³/mol. The van der Waals surface area contributed by atoms with Gasteiger partial charge in [0.2, 0.25) is 0 Å². The molecule has 2 unspecified atom stereocenters. The molecule has 6 nitrogen and oxygen atoms in total. The molecule has 0 spiro atoms. The molecule has 196 valence electrons. The Hall–Kier alpha value is -2.37. The highest BCUT2D eigenvalue weighted by Gasteiger charge is 2.41. The van der Waals surface area contributed by atoms with Crippen molar-refractivity contribution in [1.82, 2.24) is 4.98 Å². The minimum atomic E-state index is -0.344. The summed E-state index contributed by atoms with van der Waals surface area (Å²) in [5.74, 6) is 0.0253. The average molecular weight is 488 g/mol. The highest BCUT2D eigenvalue weighted by atomic mass is 16.5. The fourth-order valence-electron chi connectivity index (χ4n) is 5.55. The Morgan fingerprint density at radius 3 is 2.14 bits per heavy atom. The van der Waals surface area contributed by atoms with Crippen molar-refractivity contribution in [2.45, 2.75) is 105 Å². The van der Waals surface area contributed by atoms with Crippen LogP contribution < -0.4 is 0 Å². The molecule has 1 fully saturated rings. The number of esters is 2. The first-order chi connectivity index (χ1) is 16.6. The Morgan fingerprint density at radius 2 is 1.69 bits per heavy atom. The van der Waals surface area contributed by atoms with Gasteiger partial charge in [0.25, 0.3) is 0 Å². The molecule has 35 heavy (non-hydrogen) atoms. The fourth-order valence-corrected chi connectivity index (χ4v) is 5.55. The Balaban J connectivity index is 2.31. The lowest BCUT2D eigenvalue weighted by molar-refractivity contribution is -0.141. The molecule has 1 aliphatic rings. The maximum Gasteiger partial charge on any atom is 0.340 e. The van der Waals surface area contributed by atoms with E-state index in [0.717, 1.165) is 63.2 Å². The van der Waals surface area contributed by atoms with E-state index in [1.165, 1.54) is 0 Å². The summed E-state index contributed by atoms with van der Waals surface area (Å²) in [6.07, 6.45) is 8.56. The summed E-state index contributed by atoms with van der Waals surface area (Å²) < 4.78 is 11.9. The molecule has 1 aromatic rings. The summed E-state index contributed by atoms with van der Waals surface area (Å²) in [7, 11) is 0. The van der Waals surface area contributed by atoms with E-state index in [0.29, 0.717) is 29.1 Å². The lowest BCUT2D eigenvalue weighted by Gasteiger charge is -2.41. The second-order valence-corrected chi connectivity index (χ2v) is 10.6. The summed E-state index contributed by atoms with van der Waals surface area (Å²) in [5, 5.41) is 0. The van der Waals surface area contributed by atoms with Crippen LogP contribution in [0.5, 0.6) is 0 Å². The lowest BCUT2D eigenvalue weighted by atomic mass is 9.70. The SMILES string of the molecule is C=C(C)C(=O)OCC1CC(CCCC)C(OC(=O)c2c(C)[nH]c(C=O)c2C(C)C)C(CCCC)C1. The zero-order valence-corrected chi connectivity index (χ0v) is 22.6. The van der Waals surface area contributed by atoms with Crippen LogP contribution in [-0.2, 0) is 14.3 Å². The van der Waals surface area contributed by atoms with Gasteiger partial charge in [0, 0.05) is 11.3 Å². The van der Waals surface area contributed by atoms with Crippen LogP contribution in [0.3, 0.4) is 0 Å². The van der Waals surface area contributed by atoms with Gasteiger partial charge in [-0.25, -0.2) is 9.59 Å². The van der Waals surface area contributed by atoms with Crippen LogP contribution in [0.25, 0.3) is 0 Å². The number of aldehydes is 1. The Kier molecular flexibility index (Phi) is 11.3. The third-order valence-corrected chi connectivity index (χ3v) is 7.26. The summed E-state index contributed by atoms with van der Waals surface area (Å²) in [5.41, 5.74) is 2.78. The molecule has 0 amide bonds. The van der Waals surface area contributed by atoms with E-state index in [1.807, 2.05) is 20.8 Å². The van der Waals surface area contributed by atoms with Crippen LogP contribution in [0.1, 0.15) is 124 Å². The smallest absolute Gasteiger partial charge is 0.340 e. The van der Waals surface area contributed by atoms with E-state index in [9.17, 15) is 14.4 Å². The zero-order valence-electron chi connectivity index (χ0n) is 22.6. The molecular formula is C29H45NO5. The van der Waals surface area contributed by atoms with Crippen molar-refractivity contribution in [3.63, 3.8) is 0 Å². The second-order valence-electron chi connectivity index (χ2n) is 10.6. The molecule has 2 rings (SSSR count). The van der Waals surface area contributed by atoms with Crippen molar-refractivity contribution in [3.05, 3.63) is 34.7 Å². The first-order valence-corrected chi connectivity index (χ1v) is 13.4. The summed E-state index contributed by atoms with van der Waals surface area (Å²) >= 11 is 0. The van der Waals surface area contributed by atoms with Crippen molar-refractivity contribution in [3.8, 4) is 0 Å². The van der Waals surface area contributed by atoms with Crippen molar-refractivity contribution in [2.24, 2.45) is 17.8 Å². The lowest BCUT2D eigenvalue weighted by Crippen LogP contribution is -2.42. The minimum Gasteiger partial charge on any atom is -0.462 e. The predicted octanol–water partition coefficient (Wildman–Crippen LogP) is 6.93. The van der Waals surface area contributed by atoms with Gasteiger partial charge in [-0.3, -0.25) is 4.79 Å². The van der Waals surface area contributed by atoms with Crippen molar-refractivity contribution in [1.29, 1.82) is 0 Å². The van der Waals surface area contributed by atoms with Crippen LogP contribution in [-0.4, -0.2) is 35.9 Å². The number of hydrogen-bond donors (Lipinski definition) is 1. The van der Waals surface area contributed by atoms with Gasteiger partial charge in [-0.1, -0.05) is 60.0 Å². The quantitative estimate of drug-likeness (QED) is 0.185. The number of unbranched alkanes of at least 4 members (excludes halogenated alkanes) is 2. The molecule has 2 atom stereocenters. The number of ether oxygens (including phenoxy) is 2.